The fourth-order valence-corrected chi connectivity index (χ4v) is 1.33. The van der Waals surface area contributed by atoms with E-state index in [-0.39, 0.29) is 0 Å². The van der Waals surface area contributed by atoms with E-state index in [9.17, 15) is 0 Å². The lowest BCUT2D eigenvalue weighted by Gasteiger charge is -2.17. The summed E-state index contributed by atoms with van der Waals surface area (Å²) in [5, 5.41) is 8.85. The molecule has 0 unspecified atom stereocenters. The third-order valence-electron chi connectivity index (χ3n) is 2.20. The fraction of sp³-hybridized carbons (Fsp3) is 0.364. The van der Waals surface area contributed by atoms with E-state index in [2.05, 4.69) is 0 Å². The second-order valence-corrected chi connectivity index (χ2v) is 3.04. The SMILES string of the molecule is COc1cc(OC)c(N(C)C#N)cc1OC. The molecule has 0 amide bonds. The van der Waals surface area contributed by atoms with Gasteiger partial charge < -0.3 is 14.2 Å². The summed E-state index contributed by atoms with van der Waals surface area (Å²) >= 11 is 0. The number of rotatable bonds is 4. The Labute approximate surface area is 94.7 Å². The van der Waals surface area contributed by atoms with Gasteiger partial charge in [0.15, 0.2) is 17.7 Å². The second-order valence-electron chi connectivity index (χ2n) is 3.04. The van der Waals surface area contributed by atoms with Crippen molar-refractivity contribution in [1.82, 2.24) is 0 Å². The predicted octanol–water partition coefficient (Wildman–Crippen LogP) is 1.63. The van der Waals surface area contributed by atoms with Crippen LogP contribution in [0.3, 0.4) is 0 Å². The summed E-state index contributed by atoms with van der Waals surface area (Å²) in [6, 6.07) is 3.38. The van der Waals surface area contributed by atoms with Crippen LogP contribution >= 0.6 is 0 Å². The fourth-order valence-electron chi connectivity index (χ4n) is 1.33. The minimum Gasteiger partial charge on any atom is -0.494 e. The first kappa shape index (κ1) is 12.0. The molecule has 0 N–H and O–H groups in total. The van der Waals surface area contributed by atoms with Crippen molar-refractivity contribution in [3.05, 3.63) is 12.1 Å². The zero-order valence-corrected chi connectivity index (χ0v) is 9.77. The highest BCUT2D eigenvalue weighted by atomic mass is 16.5. The van der Waals surface area contributed by atoms with Gasteiger partial charge in [0.25, 0.3) is 0 Å². The van der Waals surface area contributed by atoms with Gasteiger partial charge in [-0.15, -0.1) is 0 Å². The van der Waals surface area contributed by atoms with Crippen LogP contribution in [0.5, 0.6) is 17.2 Å². The van der Waals surface area contributed by atoms with E-state index in [0.717, 1.165) is 0 Å². The molecule has 0 aliphatic rings. The molecule has 1 aromatic carbocycles. The molecule has 0 saturated carbocycles. The quantitative estimate of drug-likeness (QED) is 0.572. The molecule has 86 valence electrons. The molecule has 5 nitrogen and oxygen atoms in total. The van der Waals surface area contributed by atoms with Crippen LogP contribution in [0.4, 0.5) is 5.69 Å². The van der Waals surface area contributed by atoms with Crippen LogP contribution in [-0.2, 0) is 0 Å². The Morgan fingerprint density at radius 1 is 1.00 bits per heavy atom. The first-order chi connectivity index (χ1) is 7.67. The molecule has 0 saturated heterocycles. The average Bonchev–Trinajstić information content (AvgIpc) is 2.35. The number of ether oxygens (including phenoxy) is 3. The molecule has 0 radical (unpaired) electrons. The van der Waals surface area contributed by atoms with Crippen LogP contribution in [0.1, 0.15) is 0 Å². The van der Waals surface area contributed by atoms with Crippen molar-refractivity contribution >= 4 is 5.69 Å². The van der Waals surface area contributed by atoms with Crippen molar-refractivity contribution in [2.24, 2.45) is 0 Å². The Balaban J connectivity index is 3.32. The Kier molecular flexibility index (Phi) is 3.84. The molecule has 0 spiro atoms. The van der Waals surface area contributed by atoms with E-state index < -0.39 is 0 Å². The molecule has 0 heterocycles. The number of hydrogen-bond acceptors (Lipinski definition) is 5. The number of anilines is 1. The highest BCUT2D eigenvalue weighted by Gasteiger charge is 2.14. The summed E-state index contributed by atoms with van der Waals surface area (Å²) in [7, 11) is 6.27. The minimum atomic E-state index is 0.556. The highest BCUT2D eigenvalue weighted by Crippen LogP contribution is 2.39. The Morgan fingerprint density at radius 3 is 1.94 bits per heavy atom. The van der Waals surface area contributed by atoms with E-state index in [1.165, 1.54) is 12.0 Å². The van der Waals surface area contributed by atoms with Gasteiger partial charge in [0.2, 0.25) is 0 Å². The maximum atomic E-state index is 8.85. The van der Waals surface area contributed by atoms with Crippen LogP contribution < -0.4 is 19.1 Å². The third kappa shape index (κ3) is 2.11. The number of nitrogens with zero attached hydrogens (tertiary/aromatic N) is 2. The normalized spacial score (nSPS) is 9.19. The van der Waals surface area contributed by atoms with Crippen LogP contribution in [0.15, 0.2) is 12.1 Å². The molecule has 0 aromatic heterocycles. The lowest BCUT2D eigenvalue weighted by atomic mass is 10.2. The van der Waals surface area contributed by atoms with Crippen LogP contribution in [0, 0.1) is 11.5 Å². The number of nitriles is 1. The van der Waals surface area contributed by atoms with E-state index in [1.54, 1.807) is 33.4 Å². The van der Waals surface area contributed by atoms with Gasteiger partial charge in [0.05, 0.1) is 27.0 Å². The Bertz CT molecular complexity index is 412. The largest absolute Gasteiger partial charge is 0.494 e. The van der Waals surface area contributed by atoms with Gasteiger partial charge in [0, 0.05) is 19.2 Å². The van der Waals surface area contributed by atoms with E-state index >= 15 is 0 Å². The summed E-state index contributed by atoms with van der Waals surface area (Å²) in [5.74, 6) is 1.68. The summed E-state index contributed by atoms with van der Waals surface area (Å²) in [5.41, 5.74) is 0.627. The van der Waals surface area contributed by atoms with Crippen molar-refractivity contribution < 1.29 is 14.2 Å². The minimum absolute atomic E-state index is 0.556. The number of methoxy groups -OCH3 is 3. The lowest BCUT2D eigenvalue weighted by molar-refractivity contribution is 0.349. The standard InChI is InChI=1S/C11H14N2O3/c1-13(7-12)8-5-10(15-3)11(16-4)6-9(8)14-2/h5-6H,1-4H3. The van der Waals surface area contributed by atoms with E-state index in [1.807, 2.05) is 6.19 Å². The van der Waals surface area contributed by atoms with E-state index in [0.29, 0.717) is 22.9 Å². The Morgan fingerprint density at radius 2 is 1.50 bits per heavy atom. The maximum absolute atomic E-state index is 8.85. The van der Waals surface area contributed by atoms with Crippen molar-refractivity contribution in [1.29, 1.82) is 5.26 Å². The van der Waals surface area contributed by atoms with Crippen molar-refractivity contribution in [3.8, 4) is 23.4 Å². The molecular formula is C11H14N2O3. The zero-order valence-electron chi connectivity index (χ0n) is 9.77. The summed E-state index contributed by atoms with van der Waals surface area (Å²) in [4.78, 5) is 1.39. The summed E-state index contributed by atoms with van der Waals surface area (Å²) in [6.07, 6.45) is 2.00. The average molecular weight is 222 g/mol. The van der Waals surface area contributed by atoms with Gasteiger partial charge in [-0.05, 0) is 0 Å². The summed E-state index contributed by atoms with van der Waals surface area (Å²) < 4.78 is 15.5. The third-order valence-corrected chi connectivity index (χ3v) is 2.20. The summed E-state index contributed by atoms with van der Waals surface area (Å²) in [6.45, 7) is 0. The second kappa shape index (κ2) is 5.12. The van der Waals surface area contributed by atoms with Crippen molar-refractivity contribution in [3.63, 3.8) is 0 Å². The van der Waals surface area contributed by atoms with Gasteiger partial charge in [-0.3, -0.25) is 4.90 Å². The molecule has 1 aromatic rings. The number of benzene rings is 1. The highest BCUT2D eigenvalue weighted by molar-refractivity contribution is 5.67. The molecule has 5 heteroatoms. The lowest BCUT2D eigenvalue weighted by Crippen LogP contribution is -2.10. The van der Waals surface area contributed by atoms with Crippen LogP contribution in [0.25, 0.3) is 0 Å². The van der Waals surface area contributed by atoms with Gasteiger partial charge in [-0.2, -0.15) is 5.26 Å². The molecule has 0 atom stereocenters. The molecule has 0 fully saturated rings. The predicted molar refractivity (Wildman–Crippen MR) is 60.1 cm³/mol. The van der Waals surface area contributed by atoms with Gasteiger partial charge >= 0.3 is 0 Å². The van der Waals surface area contributed by atoms with E-state index in [4.69, 9.17) is 19.5 Å². The molecule has 16 heavy (non-hydrogen) atoms. The first-order valence-corrected chi connectivity index (χ1v) is 4.61. The maximum Gasteiger partial charge on any atom is 0.184 e. The van der Waals surface area contributed by atoms with Crippen molar-refractivity contribution in [2.75, 3.05) is 33.3 Å². The Hall–Kier alpha value is -2.09. The molecular weight excluding hydrogens is 208 g/mol. The molecule has 0 aliphatic heterocycles. The smallest absolute Gasteiger partial charge is 0.184 e. The molecule has 0 bridgehead atoms. The monoisotopic (exact) mass is 222 g/mol. The number of hydrogen-bond donors (Lipinski definition) is 0. The van der Waals surface area contributed by atoms with Gasteiger partial charge in [-0.1, -0.05) is 0 Å². The molecule has 1 rings (SSSR count). The van der Waals surface area contributed by atoms with Crippen molar-refractivity contribution in [2.45, 2.75) is 0 Å². The van der Waals surface area contributed by atoms with Gasteiger partial charge in [-0.25, -0.2) is 0 Å². The van der Waals surface area contributed by atoms with Crippen LogP contribution in [-0.4, -0.2) is 28.4 Å². The van der Waals surface area contributed by atoms with Crippen LogP contribution in [0.2, 0.25) is 0 Å². The zero-order chi connectivity index (χ0) is 12.1. The topological polar surface area (TPSA) is 54.7 Å². The molecule has 0 aliphatic carbocycles. The first-order valence-electron chi connectivity index (χ1n) is 4.61. The van der Waals surface area contributed by atoms with Gasteiger partial charge in [0.1, 0.15) is 5.75 Å².